The van der Waals surface area contributed by atoms with Crippen molar-refractivity contribution in [3.8, 4) is 0 Å². The molecule has 4 heteroatoms. The van der Waals surface area contributed by atoms with Gasteiger partial charge in [-0.15, -0.1) is 0 Å². The highest BCUT2D eigenvalue weighted by Gasteiger charge is 2.23. The van der Waals surface area contributed by atoms with Crippen LogP contribution in [0.1, 0.15) is 44.9 Å². The van der Waals surface area contributed by atoms with Crippen LogP contribution in [-0.2, 0) is 0 Å². The van der Waals surface area contributed by atoms with E-state index in [1.165, 1.54) is 32.1 Å². The zero-order chi connectivity index (χ0) is 12.3. The first kappa shape index (κ1) is 12.1. The van der Waals surface area contributed by atoms with E-state index in [2.05, 4.69) is 21.8 Å². The Morgan fingerprint density at radius 2 is 2.24 bits per heavy atom. The lowest BCUT2D eigenvalue weighted by Crippen LogP contribution is -2.40. The number of aryl methyl sites for hydroxylation is 1. The third-order valence-corrected chi connectivity index (χ3v) is 3.39. The molecule has 2 rings (SSSR count). The number of nitrogens with zero attached hydrogens (tertiary/aromatic N) is 3. The van der Waals surface area contributed by atoms with Gasteiger partial charge in [0, 0.05) is 18.7 Å². The van der Waals surface area contributed by atoms with Crippen molar-refractivity contribution in [1.29, 1.82) is 0 Å². The first-order valence-electron chi connectivity index (χ1n) is 6.58. The largest absolute Gasteiger partial charge is 0.384 e. The van der Waals surface area contributed by atoms with Gasteiger partial charge < -0.3 is 10.6 Å². The van der Waals surface area contributed by atoms with E-state index >= 15 is 0 Å². The number of anilines is 2. The molecular weight excluding hydrogens is 212 g/mol. The fourth-order valence-electron chi connectivity index (χ4n) is 2.66. The Morgan fingerprint density at radius 1 is 1.41 bits per heavy atom. The fraction of sp³-hybridized carbons (Fsp3) is 0.692. The molecule has 0 spiro atoms. The lowest BCUT2D eigenvalue weighted by atomic mass is 9.98. The Bertz CT molecular complexity index is 355. The van der Waals surface area contributed by atoms with Gasteiger partial charge >= 0.3 is 0 Å². The van der Waals surface area contributed by atoms with Crippen LogP contribution in [0.15, 0.2) is 6.07 Å². The first-order chi connectivity index (χ1) is 8.20. The molecule has 1 aromatic rings. The number of hydrogen-bond acceptors (Lipinski definition) is 4. The van der Waals surface area contributed by atoms with Crippen LogP contribution in [0.3, 0.4) is 0 Å². The topological polar surface area (TPSA) is 55.0 Å². The van der Waals surface area contributed by atoms with Crippen LogP contribution >= 0.6 is 0 Å². The number of nitrogens with two attached hydrogens (primary N) is 1. The summed E-state index contributed by atoms with van der Waals surface area (Å²) in [6.45, 7) is 5.24. The molecule has 4 nitrogen and oxygen atoms in total. The smallest absolute Gasteiger partial charge is 0.134 e. The van der Waals surface area contributed by atoms with Gasteiger partial charge in [-0.25, -0.2) is 9.97 Å². The second-order valence-corrected chi connectivity index (χ2v) is 4.83. The number of rotatable bonds is 3. The van der Waals surface area contributed by atoms with Crippen LogP contribution in [-0.4, -0.2) is 22.6 Å². The molecule has 17 heavy (non-hydrogen) atoms. The quantitative estimate of drug-likeness (QED) is 0.873. The van der Waals surface area contributed by atoms with Crippen molar-refractivity contribution in [2.75, 3.05) is 17.2 Å². The lowest BCUT2D eigenvalue weighted by Gasteiger charge is -2.36. The Balaban J connectivity index is 2.22. The van der Waals surface area contributed by atoms with Crippen molar-refractivity contribution in [2.24, 2.45) is 0 Å². The van der Waals surface area contributed by atoms with E-state index < -0.39 is 0 Å². The molecule has 0 bridgehead atoms. The maximum absolute atomic E-state index is 5.81. The normalized spacial score (nSPS) is 20.6. The summed E-state index contributed by atoms with van der Waals surface area (Å²) in [5.41, 5.74) is 5.81. The first-order valence-corrected chi connectivity index (χ1v) is 6.58. The minimum Gasteiger partial charge on any atom is -0.384 e. The van der Waals surface area contributed by atoms with Crippen LogP contribution in [0.5, 0.6) is 0 Å². The van der Waals surface area contributed by atoms with Gasteiger partial charge in [0.1, 0.15) is 17.5 Å². The highest BCUT2D eigenvalue weighted by atomic mass is 15.2. The molecule has 1 atom stereocenters. The molecule has 0 aromatic carbocycles. The van der Waals surface area contributed by atoms with Crippen LogP contribution in [0.4, 0.5) is 11.6 Å². The molecule has 1 saturated heterocycles. The van der Waals surface area contributed by atoms with Gasteiger partial charge in [0.05, 0.1) is 0 Å². The Labute approximate surface area is 103 Å². The van der Waals surface area contributed by atoms with Crippen molar-refractivity contribution < 1.29 is 0 Å². The summed E-state index contributed by atoms with van der Waals surface area (Å²) in [4.78, 5) is 11.1. The Hall–Kier alpha value is -1.32. The van der Waals surface area contributed by atoms with Gasteiger partial charge in [0.2, 0.25) is 0 Å². The minimum atomic E-state index is 0.577. The monoisotopic (exact) mass is 234 g/mol. The third kappa shape index (κ3) is 2.87. The zero-order valence-electron chi connectivity index (χ0n) is 10.8. The molecule has 2 heterocycles. The van der Waals surface area contributed by atoms with Gasteiger partial charge in [-0.1, -0.05) is 13.3 Å². The summed E-state index contributed by atoms with van der Waals surface area (Å²) >= 11 is 0. The van der Waals surface area contributed by atoms with E-state index in [9.17, 15) is 0 Å². The number of hydrogen-bond donors (Lipinski definition) is 1. The van der Waals surface area contributed by atoms with Gasteiger partial charge in [-0.05, 0) is 32.6 Å². The van der Waals surface area contributed by atoms with Gasteiger partial charge in [0.25, 0.3) is 0 Å². The van der Waals surface area contributed by atoms with Crippen LogP contribution < -0.4 is 10.6 Å². The Morgan fingerprint density at radius 3 is 2.94 bits per heavy atom. The molecule has 1 aliphatic heterocycles. The Kier molecular flexibility index (Phi) is 3.82. The summed E-state index contributed by atoms with van der Waals surface area (Å²) in [6, 6.07) is 2.53. The van der Waals surface area contributed by atoms with E-state index in [1.54, 1.807) is 0 Å². The fourth-order valence-corrected chi connectivity index (χ4v) is 2.66. The zero-order valence-corrected chi connectivity index (χ0v) is 10.8. The highest BCUT2D eigenvalue weighted by molar-refractivity contribution is 5.48. The predicted molar refractivity (Wildman–Crippen MR) is 71.1 cm³/mol. The molecular formula is C13H22N4. The molecule has 1 fully saturated rings. The summed E-state index contributed by atoms with van der Waals surface area (Å²) in [6.07, 6.45) is 6.32. The summed E-state index contributed by atoms with van der Waals surface area (Å²) in [5, 5.41) is 0. The summed E-state index contributed by atoms with van der Waals surface area (Å²) in [5.74, 6) is 2.35. The second kappa shape index (κ2) is 5.34. The molecule has 0 aliphatic carbocycles. The maximum Gasteiger partial charge on any atom is 0.134 e. The van der Waals surface area contributed by atoms with E-state index in [1.807, 2.05) is 13.0 Å². The molecule has 1 aromatic heterocycles. The van der Waals surface area contributed by atoms with E-state index in [4.69, 9.17) is 5.73 Å². The van der Waals surface area contributed by atoms with Crippen LogP contribution in [0.2, 0.25) is 0 Å². The van der Waals surface area contributed by atoms with Crippen molar-refractivity contribution in [3.63, 3.8) is 0 Å². The molecule has 0 amide bonds. The van der Waals surface area contributed by atoms with E-state index in [-0.39, 0.29) is 0 Å². The van der Waals surface area contributed by atoms with Crippen molar-refractivity contribution >= 4 is 11.6 Å². The predicted octanol–water partition coefficient (Wildman–Crippen LogP) is 2.53. The molecule has 0 radical (unpaired) electrons. The standard InChI is InChI=1S/C13H22N4/c1-3-6-11-7-4-5-8-17(11)13-9-12(14)15-10(2)16-13/h9,11H,3-8H2,1-2H3,(H2,14,15,16). The molecule has 2 N–H and O–H groups in total. The second-order valence-electron chi connectivity index (χ2n) is 4.83. The molecule has 0 saturated carbocycles. The number of aromatic nitrogens is 2. The average Bonchev–Trinajstić information content (AvgIpc) is 2.29. The van der Waals surface area contributed by atoms with Crippen molar-refractivity contribution in [2.45, 2.75) is 52.0 Å². The van der Waals surface area contributed by atoms with Crippen LogP contribution in [0.25, 0.3) is 0 Å². The van der Waals surface area contributed by atoms with Gasteiger partial charge in [0.15, 0.2) is 0 Å². The lowest BCUT2D eigenvalue weighted by molar-refractivity contribution is 0.431. The average molecular weight is 234 g/mol. The number of piperidine rings is 1. The van der Waals surface area contributed by atoms with Crippen molar-refractivity contribution in [1.82, 2.24) is 9.97 Å². The van der Waals surface area contributed by atoms with E-state index in [0.29, 0.717) is 11.9 Å². The highest BCUT2D eigenvalue weighted by Crippen LogP contribution is 2.26. The third-order valence-electron chi connectivity index (χ3n) is 3.39. The SMILES string of the molecule is CCCC1CCCCN1c1cc(N)nc(C)n1. The summed E-state index contributed by atoms with van der Waals surface area (Å²) in [7, 11) is 0. The molecule has 1 unspecified atom stereocenters. The minimum absolute atomic E-state index is 0.577. The van der Waals surface area contributed by atoms with Crippen molar-refractivity contribution in [3.05, 3.63) is 11.9 Å². The maximum atomic E-state index is 5.81. The molecule has 1 aliphatic rings. The van der Waals surface area contributed by atoms with Crippen LogP contribution in [0, 0.1) is 6.92 Å². The molecule has 94 valence electrons. The van der Waals surface area contributed by atoms with E-state index in [0.717, 1.165) is 18.2 Å². The van der Waals surface area contributed by atoms with Gasteiger partial charge in [-0.3, -0.25) is 0 Å². The van der Waals surface area contributed by atoms with Gasteiger partial charge in [-0.2, -0.15) is 0 Å². The number of nitrogen functional groups attached to an aromatic ring is 1. The summed E-state index contributed by atoms with van der Waals surface area (Å²) < 4.78 is 0.